The number of carbonyl (C=O) groups is 3. The van der Waals surface area contributed by atoms with Gasteiger partial charge in [0.2, 0.25) is 0 Å². The van der Waals surface area contributed by atoms with Gasteiger partial charge in [-0.2, -0.15) is 0 Å². The molecule has 0 aromatic rings. The van der Waals surface area contributed by atoms with Gasteiger partial charge in [-0.1, -0.05) is 70.8 Å². The molecule has 0 saturated heterocycles. The quantitative estimate of drug-likeness (QED) is 0.168. The third kappa shape index (κ3) is 13.4. The lowest BCUT2D eigenvalue weighted by atomic mass is 10.00. The Kier molecular flexibility index (Phi) is 14.3. The molecular formula is C20H34O6. The average molecular weight is 370 g/mol. The van der Waals surface area contributed by atoms with Crippen molar-refractivity contribution >= 4 is 17.9 Å². The molecule has 6 heteroatoms. The fourth-order valence-corrected chi connectivity index (χ4v) is 2.68. The Hall–Kier alpha value is -1.85. The highest BCUT2D eigenvalue weighted by Crippen LogP contribution is 2.15. The van der Waals surface area contributed by atoms with Crippen molar-refractivity contribution in [2.45, 2.75) is 84.0 Å². The van der Waals surface area contributed by atoms with Gasteiger partial charge in [0.25, 0.3) is 0 Å². The molecule has 0 bridgehead atoms. The number of carboxylic acid groups (broad SMARTS) is 2. The standard InChI is InChI=1S/C20H34O6/c1-16(2)20(25)26-15-13-11-9-7-5-3-4-6-8-10-12-14-17(18(21)22)19(23)24/h17H,1,3-15H2,2H3,(H,21,22)(H,23,24). The van der Waals surface area contributed by atoms with Crippen LogP contribution in [-0.4, -0.2) is 34.7 Å². The lowest BCUT2D eigenvalue weighted by Gasteiger charge is -2.07. The van der Waals surface area contributed by atoms with Crippen LogP contribution in [0.3, 0.4) is 0 Å². The van der Waals surface area contributed by atoms with Crippen LogP contribution in [0.25, 0.3) is 0 Å². The fraction of sp³-hybridized carbons (Fsp3) is 0.750. The van der Waals surface area contributed by atoms with Crippen molar-refractivity contribution in [3.05, 3.63) is 12.2 Å². The molecule has 0 radical (unpaired) electrons. The minimum Gasteiger partial charge on any atom is -0.481 e. The maximum absolute atomic E-state index is 11.2. The van der Waals surface area contributed by atoms with E-state index in [-0.39, 0.29) is 12.4 Å². The van der Waals surface area contributed by atoms with Gasteiger partial charge >= 0.3 is 17.9 Å². The monoisotopic (exact) mass is 370 g/mol. The van der Waals surface area contributed by atoms with Crippen molar-refractivity contribution in [3.63, 3.8) is 0 Å². The van der Waals surface area contributed by atoms with Gasteiger partial charge in [0.05, 0.1) is 6.61 Å². The van der Waals surface area contributed by atoms with Crippen molar-refractivity contribution in [2.75, 3.05) is 6.61 Å². The Labute approximate surface area is 156 Å². The molecule has 0 aliphatic carbocycles. The van der Waals surface area contributed by atoms with Gasteiger partial charge < -0.3 is 14.9 Å². The summed E-state index contributed by atoms with van der Waals surface area (Å²) in [7, 11) is 0. The predicted molar refractivity (Wildman–Crippen MR) is 99.9 cm³/mol. The summed E-state index contributed by atoms with van der Waals surface area (Å²) < 4.78 is 5.03. The van der Waals surface area contributed by atoms with E-state index in [9.17, 15) is 14.4 Å². The summed E-state index contributed by atoms with van der Waals surface area (Å²) in [5, 5.41) is 17.5. The zero-order valence-electron chi connectivity index (χ0n) is 16.0. The molecule has 2 N–H and O–H groups in total. The first kappa shape index (κ1) is 24.1. The number of carboxylic acids is 2. The van der Waals surface area contributed by atoms with Crippen LogP contribution in [0.2, 0.25) is 0 Å². The van der Waals surface area contributed by atoms with E-state index in [0.29, 0.717) is 18.6 Å². The highest BCUT2D eigenvalue weighted by molar-refractivity contribution is 5.92. The second kappa shape index (κ2) is 15.4. The van der Waals surface area contributed by atoms with E-state index in [1.807, 2.05) is 0 Å². The van der Waals surface area contributed by atoms with E-state index in [2.05, 4.69) is 6.58 Å². The van der Waals surface area contributed by atoms with Crippen molar-refractivity contribution in [1.29, 1.82) is 0 Å². The minimum absolute atomic E-state index is 0.215. The topological polar surface area (TPSA) is 101 Å². The molecule has 150 valence electrons. The smallest absolute Gasteiger partial charge is 0.333 e. The summed E-state index contributed by atoms with van der Waals surface area (Å²) in [6.07, 6.45) is 11.8. The highest BCUT2D eigenvalue weighted by Gasteiger charge is 2.24. The Bertz CT molecular complexity index is 430. The van der Waals surface area contributed by atoms with Crippen molar-refractivity contribution in [2.24, 2.45) is 5.92 Å². The Morgan fingerprint density at radius 2 is 1.15 bits per heavy atom. The first-order valence-corrected chi connectivity index (χ1v) is 9.64. The largest absolute Gasteiger partial charge is 0.481 e. The number of aliphatic carboxylic acids is 2. The predicted octanol–water partition coefficient (Wildman–Crippen LogP) is 4.57. The third-order valence-corrected chi connectivity index (χ3v) is 4.31. The molecule has 0 saturated carbocycles. The zero-order valence-corrected chi connectivity index (χ0v) is 16.0. The van der Waals surface area contributed by atoms with Crippen LogP contribution in [0.4, 0.5) is 0 Å². The van der Waals surface area contributed by atoms with Gasteiger partial charge in [0, 0.05) is 5.57 Å². The molecule has 6 nitrogen and oxygen atoms in total. The first-order chi connectivity index (χ1) is 12.4. The summed E-state index contributed by atoms with van der Waals surface area (Å²) in [6.45, 7) is 5.65. The summed E-state index contributed by atoms with van der Waals surface area (Å²) >= 11 is 0. The van der Waals surface area contributed by atoms with E-state index in [1.165, 1.54) is 19.3 Å². The number of rotatable bonds is 17. The molecule has 0 aliphatic rings. The third-order valence-electron chi connectivity index (χ3n) is 4.31. The van der Waals surface area contributed by atoms with Crippen LogP contribution in [0.5, 0.6) is 0 Å². The van der Waals surface area contributed by atoms with Crippen LogP contribution in [-0.2, 0) is 19.1 Å². The van der Waals surface area contributed by atoms with Crippen LogP contribution >= 0.6 is 0 Å². The van der Waals surface area contributed by atoms with Crippen molar-refractivity contribution in [1.82, 2.24) is 0 Å². The molecule has 26 heavy (non-hydrogen) atoms. The molecule has 0 aliphatic heterocycles. The normalized spacial score (nSPS) is 10.7. The summed E-state index contributed by atoms with van der Waals surface area (Å²) in [5.41, 5.74) is 0.439. The Morgan fingerprint density at radius 3 is 1.54 bits per heavy atom. The van der Waals surface area contributed by atoms with E-state index in [1.54, 1.807) is 6.92 Å². The molecule has 0 amide bonds. The van der Waals surface area contributed by atoms with E-state index in [4.69, 9.17) is 14.9 Å². The summed E-state index contributed by atoms with van der Waals surface area (Å²) in [6, 6.07) is 0. The van der Waals surface area contributed by atoms with Gasteiger partial charge in [-0.3, -0.25) is 9.59 Å². The molecule has 0 heterocycles. The molecule has 0 aromatic carbocycles. The summed E-state index contributed by atoms with van der Waals surface area (Å²) in [4.78, 5) is 32.6. The molecule has 0 aromatic heterocycles. The maximum atomic E-state index is 11.2. The molecule has 0 unspecified atom stereocenters. The molecule has 0 spiro atoms. The molecule has 0 rings (SSSR count). The average Bonchev–Trinajstić information content (AvgIpc) is 2.57. The van der Waals surface area contributed by atoms with Gasteiger partial charge in [0.15, 0.2) is 5.92 Å². The number of esters is 1. The molecule has 0 fully saturated rings. The molecule has 0 atom stereocenters. The lowest BCUT2D eigenvalue weighted by molar-refractivity contribution is -0.154. The van der Waals surface area contributed by atoms with Crippen molar-refractivity contribution < 1.29 is 29.3 Å². The van der Waals surface area contributed by atoms with Gasteiger partial charge in [0.1, 0.15) is 0 Å². The van der Waals surface area contributed by atoms with Crippen molar-refractivity contribution in [3.8, 4) is 0 Å². The molecular weight excluding hydrogens is 336 g/mol. The van der Waals surface area contributed by atoms with Crippen LogP contribution in [0.15, 0.2) is 12.2 Å². The highest BCUT2D eigenvalue weighted by atomic mass is 16.5. The second-order valence-electron chi connectivity index (χ2n) is 6.82. The van der Waals surface area contributed by atoms with Crippen LogP contribution < -0.4 is 0 Å². The number of ether oxygens (including phenoxy) is 1. The first-order valence-electron chi connectivity index (χ1n) is 9.64. The van der Waals surface area contributed by atoms with Crippen LogP contribution in [0.1, 0.15) is 84.0 Å². The minimum atomic E-state index is -1.26. The van der Waals surface area contributed by atoms with Gasteiger partial charge in [-0.25, -0.2) is 4.79 Å². The van der Waals surface area contributed by atoms with E-state index >= 15 is 0 Å². The van der Waals surface area contributed by atoms with Crippen LogP contribution in [0, 0.1) is 5.92 Å². The van der Waals surface area contributed by atoms with Gasteiger partial charge in [-0.05, 0) is 19.8 Å². The second-order valence-corrected chi connectivity index (χ2v) is 6.82. The fourth-order valence-electron chi connectivity index (χ4n) is 2.68. The Balaban J connectivity index is 3.32. The van der Waals surface area contributed by atoms with E-state index < -0.39 is 17.9 Å². The zero-order chi connectivity index (χ0) is 19.8. The van der Waals surface area contributed by atoms with Gasteiger partial charge in [-0.15, -0.1) is 0 Å². The number of carbonyl (C=O) groups excluding carboxylic acids is 1. The maximum Gasteiger partial charge on any atom is 0.333 e. The lowest BCUT2D eigenvalue weighted by Crippen LogP contribution is -2.23. The SMILES string of the molecule is C=C(C)C(=O)OCCCCCCCCCCCCCC(C(=O)O)C(=O)O. The van der Waals surface area contributed by atoms with E-state index in [0.717, 1.165) is 44.9 Å². The number of hydrogen-bond donors (Lipinski definition) is 2. The summed E-state index contributed by atoms with van der Waals surface area (Å²) in [5.74, 6) is -4.07. The Morgan fingerprint density at radius 1 is 0.769 bits per heavy atom. The number of unbranched alkanes of at least 4 members (excludes halogenated alkanes) is 10. The number of hydrogen-bond acceptors (Lipinski definition) is 4.